The maximum atomic E-state index is 13.8. The van der Waals surface area contributed by atoms with Crippen molar-refractivity contribution in [3.05, 3.63) is 35.4 Å². The lowest BCUT2D eigenvalue weighted by Crippen LogP contribution is -2.33. The summed E-state index contributed by atoms with van der Waals surface area (Å²) in [6.45, 7) is 1.27. The van der Waals surface area contributed by atoms with E-state index in [2.05, 4.69) is 4.98 Å². The number of ether oxygens (including phenoxy) is 2. The Morgan fingerprint density at radius 1 is 1.12 bits per heavy atom. The highest BCUT2D eigenvalue weighted by atomic mass is 32.2. The van der Waals surface area contributed by atoms with Crippen LogP contribution in [-0.2, 0) is 11.0 Å². The Morgan fingerprint density at radius 2 is 1.79 bits per heavy atom. The molecule has 0 N–H and O–H groups in total. The average Bonchev–Trinajstić information content (AvgIpc) is 3.10. The smallest absolute Gasteiger partial charge is 0.417 e. The summed E-state index contributed by atoms with van der Waals surface area (Å²) < 4.78 is 51.8. The van der Waals surface area contributed by atoms with Gasteiger partial charge in [0.05, 0.1) is 36.8 Å². The molecule has 1 fully saturated rings. The van der Waals surface area contributed by atoms with Gasteiger partial charge in [0.1, 0.15) is 11.1 Å². The first-order valence-electron chi connectivity index (χ1n) is 10.4. The number of amides is 1. The van der Waals surface area contributed by atoms with Crippen molar-refractivity contribution in [1.82, 2.24) is 9.88 Å². The number of halogens is 3. The van der Waals surface area contributed by atoms with Crippen LogP contribution in [0, 0.1) is 11.3 Å². The van der Waals surface area contributed by atoms with Crippen molar-refractivity contribution in [3.63, 3.8) is 0 Å². The molecule has 0 bridgehead atoms. The molecule has 3 rings (SSSR count). The van der Waals surface area contributed by atoms with Gasteiger partial charge in [0.2, 0.25) is 5.91 Å². The maximum Gasteiger partial charge on any atom is 0.417 e. The number of alkyl halides is 3. The number of hydrogen-bond acceptors (Lipinski definition) is 6. The van der Waals surface area contributed by atoms with Crippen LogP contribution < -0.4 is 9.47 Å². The van der Waals surface area contributed by atoms with Gasteiger partial charge in [-0.25, -0.2) is 4.98 Å². The van der Waals surface area contributed by atoms with Gasteiger partial charge in [-0.3, -0.25) is 4.79 Å². The van der Waals surface area contributed by atoms with Gasteiger partial charge in [0.25, 0.3) is 0 Å². The summed E-state index contributed by atoms with van der Waals surface area (Å²) in [5, 5.41) is 9.37. The summed E-state index contributed by atoms with van der Waals surface area (Å²) in [7, 11) is 2.88. The highest BCUT2D eigenvalue weighted by Gasteiger charge is 2.36. The second-order valence-electron chi connectivity index (χ2n) is 7.50. The summed E-state index contributed by atoms with van der Waals surface area (Å²) in [5.74, 6) is 0.496. The number of likely N-dealkylation sites (tertiary alicyclic amines) is 1. The number of aromatic nitrogens is 1. The second kappa shape index (κ2) is 10.8. The average molecular weight is 480 g/mol. The molecule has 176 valence electrons. The van der Waals surface area contributed by atoms with Gasteiger partial charge >= 0.3 is 6.18 Å². The van der Waals surface area contributed by atoms with Crippen molar-refractivity contribution in [2.75, 3.05) is 33.1 Å². The number of nitriles is 1. The summed E-state index contributed by atoms with van der Waals surface area (Å²) >= 11 is 0.856. The third-order valence-corrected chi connectivity index (χ3v) is 6.33. The number of methoxy groups -OCH3 is 2. The van der Waals surface area contributed by atoms with Crippen molar-refractivity contribution in [2.24, 2.45) is 0 Å². The quantitative estimate of drug-likeness (QED) is 0.534. The molecule has 6 nitrogen and oxygen atoms in total. The molecule has 1 aliphatic heterocycles. The molecule has 33 heavy (non-hydrogen) atoms. The van der Waals surface area contributed by atoms with Gasteiger partial charge < -0.3 is 14.4 Å². The summed E-state index contributed by atoms with van der Waals surface area (Å²) in [5.41, 5.74) is -1.29. The van der Waals surface area contributed by atoms with Crippen molar-refractivity contribution in [3.8, 4) is 28.8 Å². The van der Waals surface area contributed by atoms with Crippen LogP contribution in [0.3, 0.4) is 0 Å². The lowest BCUT2D eigenvalue weighted by Gasteiger charge is -2.20. The van der Waals surface area contributed by atoms with Crippen molar-refractivity contribution in [2.45, 2.75) is 36.9 Å². The number of carbonyl (C=O) groups excluding carboxylic acids is 1. The number of pyridine rings is 1. The van der Waals surface area contributed by atoms with Crippen LogP contribution >= 0.6 is 11.8 Å². The minimum atomic E-state index is -4.76. The first-order valence-corrected chi connectivity index (χ1v) is 11.4. The molecule has 1 aliphatic rings. The molecule has 2 heterocycles. The highest BCUT2D eigenvalue weighted by molar-refractivity contribution is 8.00. The van der Waals surface area contributed by atoms with Gasteiger partial charge in [0, 0.05) is 18.7 Å². The van der Waals surface area contributed by atoms with E-state index in [0.29, 0.717) is 30.2 Å². The summed E-state index contributed by atoms with van der Waals surface area (Å²) in [6, 6.07) is 7.13. The molecule has 0 radical (unpaired) electrons. The first kappa shape index (κ1) is 24.7. The summed E-state index contributed by atoms with van der Waals surface area (Å²) in [6.07, 6.45) is -0.835. The van der Waals surface area contributed by atoms with E-state index in [1.807, 2.05) is 0 Å². The Morgan fingerprint density at radius 3 is 2.36 bits per heavy atom. The van der Waals surface area contributed by atoms with Gasteiger partial charge in [-0.1, -0.05) is 24.6 Å². The van der Waals surface area contributed by atoms with E-state index in [1.54, 1.807) is 23.1 Å². The molecule has 0 saturated carbocycles. The molecule has 1 aromatic heterocycles. The zero-order chi connectivity index (χ0) is 24.0. The molecule has 1 amide bonds. The molecular formula is C23H24F3N3O3S. The third kappa shape index (κ3) is 5.90. The van der Waals surface area contributed by atoms with Crippen LogP contribution in [0.2, 0.25) is 0 Å². The zero-order valence-corrected chi connectivity index (χ0v) is 19.2. The van der Waals surface area contributed by atoms with E-state index < -0.39 is 17.3 Å². The monoisotopic (exact) mass is 479 g/mol. The van der Waals surface area contributed by atoms with Gasteiger partial charge in [0.15, 0.2) is 11.5 Å². The van der Waals surface area contributed by atoms with Crippen molar-refractivity contribution in [1.29, 1.82) is 5.26 Å². The number of nitrogens with zero attached hydrogens (tertiary/aromatic N) is 3. The standard InChI is InChI=1S/C23H24F3N3O3S/c1-31-19-8-7-15(11-20(19)32-2)18-12-17(23(24,25)26)16(13-27)22(28-18)33-14-21(30)29-9-5-3-4-6-10-29/h7-8,11-12H,3-6,9-10,14H2,1-2H3. The molecule has 10 heteroatoms. The number of thioether (sulfide) groups is 1. The molecule has 0 atom stereocenters. The Labute approximate surface area is 194 Å². The molecule has 0 spiro atoms. The molecule has 0 unspecified atom stereocenters. The number of benzene rings is 1. The lowest BCUT2D eigenvalue weighted by molar-refractivity contribution is -0.138. The molecule has 1 aromatic carbocycles. The lowest BCUT2D eigenvalue weighted by atomic mass is 10.0. The van der Waals surface area contributed by atoms with E-state index in [9.17, 15) is 23.2 Å². The van der Waals surface area contributed by atoms with E-state index in [-0.39, 0.29) is 22.4 Å². The van der Waals surface area contributed by atoms with E-state index >= 15 is 0 Å². The molecular weight excluding hydrogens is 455 g/mol. The fourth-order valence-corrected chi connectivity index (χ4v) is 4.55. The highest BCUT2D eigenvalue weighted by Crippen LogP contribution is 2.39. The zero-order valence-electron chi connectivity index (χ0n) is 18.4. The minimum absolute atomic E-state index is 0.0204. The first-order chi connectivity index (χ1) is 15.8. The Hall–Kier alpha value is -2.93. The number of carbonyl (C=O) groups is 1. The second-order valence-corrected chi connectivity index (χ2v) is 8.46. The minimum Gasteiger partial charge on any atom is -0.493 e. The Kier molecular flexibility index (Phi) is 8.08. The van der Waals surface area contributed by atoms with Crippen LogP contribution in [0.4, 0.5) is 13.2 Å². The third-order valence-electron chi connectivity index (χ3n) is 5.37. The summed E-state index contributed by atoms with van der Waals surface area (Å²) in [4.78, 5) is 18.7. The van der Waals surface area contributed by atoms with E-state index in [1.165, 1.54) is 20.3 Å². The molecule has 2 aromatic rings. The predicted molar refractivity (Wildman–Crippen MR) is 118 cm³/mol. The largest absolute Gasteiger partial charge is 0.493 e. The Bertz CT molecular complexity index is 1050. The van der Waals surface area contributed by atoms with Crippen LogP contribution in [-0.4, -0.2) is 48.9 Å². The van der Waals surface area contributed by atoms with Gasteiger partial charge in [-0.05, 0) is 37.1 Å². The van der Waals surface area contributed by atoms with Crippen LogP contribution in [0.25, 0.3) is 11.3 Å². The van der Waals surface area contributed by atoms with Crippen LogP contribution in [0.15, 0.2) is 29.3 Å². The van der Waals surface area contributed by atoms with E-state index in [0.717, 1.165) is 43.5 Å². The topological polar surface area (TPSA) is 75.5 Å². The van der Waals surface area contributed by atoms with Crippen LogP contribution in [0.1, 0.15) is 36.8 Å². The fourth-order valence-electron chi connectivity index (χ4n) is 3.64. The van der Waals surface area contributed by atoms with Gasteiger partial charge in [-0.2, -0.15) is 18.4 Å². The maximum absolute atomic E-state index is 13.8. The molecule has 1 saturated heterocycles. The van der Waals surface area contributed by atoms with Crippen molar-refractivity contribution < 1.29 is 27.4 Å². The van der Waals surface area contributed by atoms with Gasteiger partial charge in [-0.15, -0.1) is 0 Å². The van der Waals surface area contributed by atoms with E-state index in [4.69, 9.17) is 9.47 Å². The predicted octanol–water partition coefficient (Wildman–Crippen LogP) is 5.15. The number of rotatable bonds is 6. The molecule has 0 aliphatic carbocycles. The van der Waals surface area contributed by atoms with Crippen LogP contribution in [0.5, 0.6) is 11.5 Å². The Balaban J connectivity index is 1.98. The van der Waals surface area contributed by atoms with Crippen molar-refractivity contribution >= 4 is 17.7 Å². The normalized spacial score (nSPS) is 14.4. The SMILES string of the molecule is COc1ccc(-c2cc(C(F)(F)F)c(C#N)c(SCC(=O)N3CCCCCC3)n2)cc1OC. The number of hydrogen-bond donors (Lipinski definition) is 0. The fraction of sp³-hybridized carbons (Fsp3) is 0.435.